The number of hydrogen-bond acceptors (Lipinski definition) is 7. The Morgan fingerprint density at radius 3 is 2.74 bits per heavy atom. The van der Waals surface area contributed by atoms with E-state index >= 15 is 0 Å². The van der Waals surface area contributed by atoms with Crippen molar-refractivity contribution in [3.8, 4) is 11.8 Å². The average Bonchev–Trinajstić information content (AvgIpc) is 2.69. The van der Waals surface area contributed by atoms with Crippen LogP contribution in [0.5, 0.6) is 5.75 Å². The van der Waals surface area contributed by atoms with Gasteiger partial charge in [-0.2, -0.15) is 5.26 Å². The summed E-state index contributed by atoms with van der Waals surface area (Å²) in [5.74, 6) is 1.06. The van der Waals surface area contributed by atoms with E-state index in [1.165, 1.54) is 0 Å². The number of benzene rings is 1. The van der Waals surface area contributed by atoms with Crippen molar-refractivity contribution < 1.29 is 14.3 Å². The fourth-order valence-corrected chi connectivity index (χ4v) is 3.11. The van der Waals surface area contributed by atoms with E-state index < -0.39 is 5.97 Å². The summed E-state index contributed by atoms with van der Waals surface area (Å²) in [5.41, 5.74) is 1.72. The minimum Gasteiger partial charge on any atom is -0.490 e. The maximum Gasteiger partial charge on any atom is 0.358 e. The van der Waals surface area contributed by atoms with E-state index in [9.17, 15) is 4.79 Å². The number of carbonyl (C=O) groups is 1. The molecule has 7 heteroatoms. The largest absolute Gasteiger partial charge is 0.490 e. The molecular formula is C20H22N4O3. The molecule has 0 unspecified atom stereocenters. The summed E-state index contributed by atoms with van der Waals surface area (Å²) < 4.78 is 11.0. The molecule has 1 saturated heterocycles. The van der Waals surface area contributed by atoms with Gasteiger partial charge in [0, 0.05) is 25.9 Å². The van der Waals surface area contributed by atoms with Crippen molar-refractivity contribution in [2.45, 2.75) is 32.8 Å². The normalized spacial score (nSPS) is 14.5. The van der Waals surface area contributed by atoms with Crippen molar-refractivity contribution in [1.82, 2.24) is 10.2 Å². The molecule has 0 N–H and O–H groups in total. The molecule has 0 bridgehead atoms. The SMILES string of the molecule is CCOC(=O)c1cc(C)c(N2CCC(Oc3cccc(C#N)c3)CC2)nn1. The summed E-state index contributed by atoms with van der Waals surface area (Å²) in [5, 5.41) is 17.2. The Labute approximate surface area is 158 Å². The van der Waals surface area contributed by atoms with Gasteiger partial charge in [-0.25, -0.2) is 4.79 Å². The summed E-state index contributed by atoms with van der Waals surface area (Å²) in [6, 6.07) is 11.1. The molecule has 0 aliphatic carbocycles. The van der Waals surface area contributed by atoms with Gasteiger partial charge in [-0.3, -0.25) is 0 Å². The van der Waals surface area contributed by atoms with E-state index in [2.05, 4.69) is 21.2 Å². The van der Waals surface area contributed by atoms with Crippen molar-refractivity contribution >= 4 is 11.8 Å². The molecule has 27 heavy (non-hydrogen) atoms. The molecule has 0 saturated carbocycles. The zero-order valence-electron chi connectivity index (χ0n) is 15.5. The predicted molar refractivity (Wildman–Crippen MR) is 99.7 cm³/mol. The van der Waals surface area contributed by atoms with E-state index in [1.54, 1.807) is 25.1 Å². The topological polar surface area (TPSA) is 88.3 Å². The Hall–Kier alpha value is -3.14. The molecule has 3 rings (SSSR count). The summed E-state index contributed by atoms with van der Waals surface area (Å²) in [6.07, 6.45) is 1.79. The Morgan fingerprint density at radius 2 is 2.07 bits per heavy atom. The molecule has 0 atom stereocenters. The van der Waals surface area contributed by atoms with Gasteiger partial charge in [0.1, 0.15) is 11.9 Å². The molecule has 0 amide bonds. The summed E-state index contributed by atoms with van der Waals surface area (Å²) in [6.45, 7) is 5.57. The quantitative estimate of drug-likeness (QED) is 0.752. The molecule has 0 radical (unpaired) electrons. The van der Waals surface area contributed by atoms with Crippen molar-refractivity contribution in [3.05, 3.63) is 47.2 Å². The van der Waals surface area contributed by atoms with E-state index in [0.29, 0.717) is 12.2 Å². The Balaban J connectivity index is 1.60. The van der Waals surface area contributed by atoms with Gasteiger partial charge in [0.05, 0.1) is 18.2 Å². The highest BCUT2D eigenvalue weighted by molar-refractivity contribution is 5.87. The van der Waals surface area contributed by atoms with Gasteiger partial charge in [-0.1, -0.05) is 6.07 Å². The number of nitrogens with zero attached hydrogens (tertiary/aromatic N) is 4. The van der Waals surface area contributed by atoms with Crippen LogP contribution >= 0.6 is 0 Å². The smallest absolute Gasteiger partial charge is 0.358 e. The van der Waals surface area contributed by atoms with E-state index in [-0.39, 0.29) is 11.8 Å². The van der Waals surface area contributed by atoms with Crippen LogP contribution in [0.15, 0.2) is 30.3 Å². The van der Waals surface area contributed by atoms with Gasteiger partial charge in [0.15, 0.2) is 11.5 Å². The maximum absolute atomic E-state index is 11.8. The number of aryl methyl sites for hydroxylation is 1. The number of nitriles is 1. The first kappa shape index (κ1) is 18.6. The van der Waals surface area contributed by atoms with Crippen LogP contribution in [0.4, 0.5) is 5.82 Å². The Kier molecular flexibility index (Phi) is 5.87. The number of aromatic nitrogens is 2. The predicted octanol–water partition coefficient (Wildman–Crippen LogP) is 2.88. The zero-order valence-corrected chi connectivity index (χ0v) is 15.5. The molecule has 1 aliphatic heterocycles. The fraction of sp³-hybridized carbons (Fsp3) is 0.400. The molecule has 1 fully saturated rings. The van der Waals surface area contributed by atoms with E-state index in [1.807, 2.05) is 19.1 Å². The highest BCUT2D eigenvalue weighted by atomic mass is 16.5. The molecule has 2 heterocycles. The van der Waals surface area contributed by atoms with E-state index in [0.717, 1.165) is 43.1 Å². The number of hydrogen-bond donors (Lipinski definition) is 0. The van der Waals surface area contributed by atoms with Crippen LogP contribution in [0.25, 0.3) is 0 Å². The first-order chi connectivity index (χ1) is 13.1. The number of piperidine rings is 1. The molecule has 1 aliphatic rings. The second-order valence-corrected chi connectivity index (χ2v) is 6.40. The minimum atomic E-state index is -0.452. The van der Waals surface area contributed by atoms with Crippen LogP contribution in [0, 0.1) is 18.3 Å². The van der Waals surface area contributed by atoms with Crippen LogP contribution in [0.3, 0.4) is 0 Å². The van der Waals surface area contributed by atoms with Crippen molar-refractivity contribution in [2.24, 2.45) is 0 Å². The molecule has 7 nitrogen and oxygen atoms in total. The summed E-state index contributed by atoms with van der Waals surface area (Å²) in [4.78, 5) is 13.9. The first-order valence-corrected chi connectivity index (χ1v) is 9.04. The van der Waals surface area contributed by atoms with Crippen LogP contribution < -0.4 is 9.64 Å². The van der Waals surface area contributed by atoms with Crippen molar-refractivity contribution in [3.63, 3.8) is 0 Å². The number of anilines is 1. The molecule has 1 aromatic heterocycles. The summed E-state index contributed by atoms with van der Waals surface area (Å²) in [7, 11) is 0. The lowest BCUT2D eigenvalue weighted by Crippen LogP contribution is -2.39. The van der Waals surface area contributed by atoms with Crippen LogP contribution in [0.1, 0.15) is 41.4 Å². The Morgan fingerprint density at radius 1 is 1.30 bits per heavy atom. The minimum absolute atomic E-state index is 0.0993. The zero-order chi connectivity index (χ0) is 19.2. The third-order valence-electron chi connectivity index (χ3n) is 4.45. The molecule has 1 aromatic carbocycles. The number of ether oxygens (including phenoxy) is 2. The van der Waals surface area contributed by atoms with Gasteiger partial charge < -0.3 is 14.4 Å². The van der Waals surface area contributed by atoms with Gasteiger partial charge in [-0.15, -0.1) is 10.2 Å². The average molecular weight is 366 g/mol. The van der Waals surface area contributed by atoms with Gasteiger partial charge in [0.25, 0.3) is 0 Å². The molecular weight excluding hydrogens is 344 g/mol. The van der Waals surface area contributed by atoms with Gasteiger partial charge in [-0.05, 0) is 43.7 Å². The number of esters is 1. The van der Waals surface area contributed by atoms with Crippen LogP contribution in [-0.2, 0) is 4.74 Å². The molecule has 0 spiro atoms. The Bertz CT molecular complexity index is 855. The second-order valence-electron chi connectivity index (χ2n) is 6.40. The lowest BCUT2D eigenvalue weighted by Gasteiger charge is -2.33. The van der Waals surface area contributed by atoms with Crippen molar-refractivity contribution in [2.75, 3.05) is 24.6 Å². The second kappa shape index (κ2) is 8.49. The maximum atomic E-state index is 11.8. The lowest BCUT2D eigenvalue weighted by molar-refractivity contribution is 0.0518. The number of carbonyl (C=O) groups excluding carboxylic acids is 1. The summed E-state index contributed by atoms with van der Waals surface area (Å²) >= 11 is 0. The fourth-order valence-electron chi connectivity index (χ4n) is 3.11. The monoisotopic (exact) mass is 366 g/mol. The van der Waals surface area contributed by atoms with Gasteiger partial charge >= 0.3 is 5.97 Å². The van der Waals surface area contributed by atoms with Crippen LogP contribution in [0.2, 0.25) is 0 Å². The van der Waals surface area contributed by atoms with Crippen LogP contribution in [-0.4, -0.2) is 42.0 Å². The standard InChI is InChI=1S/C20H22N4O3/c1-3-26-20(25)18-11-14(2)19(23-22-18)24-9-7-16(8-10-24)27-17-6-4-5-15(12-17)13-21/h4-6,11-12,16H,3,7-10H2,1-2H3. The number of rotatable bonds is 5. The molecule has 2 aromatic rings. The van der Waals surface area contributed by atoms with Gasteiger partial charge in [0.2, 0.25) is 0 Å². The highest BCUT2D eigenvalue weighted by Crippen LogP contribution is 2.24. The van der Waals surface area contributed by atoms with E-state index in [4.69, 9.17) is 14.7 Å². The molecule has 140 valence electrons. The third-order valence-corrected chi connectivity index (χ3v) is 4.45. The third kappa shape index (κ3) is 4.53. The van der Waals surface area contributed by atoms with Crippen molar-refractivity contribution in [1.29, 1.82) is 5.26 Å². The first-order valence-electron chi connectivity index (χ1n) is 9.04. The highest BCUT2D eigenvalue weighted by Gasteiger charge is 2.23. The lowest BCUT2D eigenvalue weighted by atomic mass is 10.1.